The van der Waals surface area contributed by atoms with E-state index in [0.717, 1.165) is 33.6 Å². The summed E-state index contributed by atoms with van der Waals surface area (Å²) in [6, 6.07) is 16.8. The molecule has 0 radical (unpaired) electrons. The van der Waals surface area contributed by atoms with E-state index in [1.807, 2.05) is 19.1 Å². The molecular formula is C23H21N3O2. The van der Waals surface area contributed by atoms with Crippen molar-refractivity contribution in [2.75, 3.05) is 0 Å². The number of aromatic nitrogens is 3. The van der Waals surface area contributed by atoms with Crippen molar-refractivity contribution >= 4 is 11.0 Å². The zero-order valence-corrected chi connectivity index (χ0v) is 15.7. The summed E-state index contributed by atoms with van der Waals surface area (Å²) in [6.07, 6.45) is 5.94. The molecule has 0 amide bonds. The van der Waals surface area contributed by atoms with Gasteiger partial charge in [-0.1, -0.05) is 29.4 Å². The van der Waals surface area contributed by atoms with Gasteiger partial charge in [0.05, 0.1) is 23.7 Å². The standard InChI is InChI=1S/C23H21N3O2/c1-15-11-20(26-28-15)14-27-23(16-5-6-16)19-4-2-3-17(12-19)18-7-8-21-22(13-18)25-10-9-24-21/h2-4,7-13,16,23H,5-6,14H2,1H3. The van der Waals surface area contributed by atoms with Crippen molar-refractivity contribution < 1.29 is 9.26 Å². The van der Waals surface area contributed by atoms with Gasteiger partial charge in [-0.3, -0.25) is 9.97 Å². The van der Waals surface area contributed by atoms with E-state index in [-0.39, 0.29) is 6.10 Å². The molecule has 0 saturated heterocycles. The van der Waals surface area contributed by atoms with Crippen molar-refractivity contribution in [3.63, 3.8) is 0 Å². The van der Waals surface area contributed by atoms with Crippen molar-refractivity contribution in [2.45, 2.75) is 32.5 Å². The number of aryl methyl sites for hydroxylation is 1. The van der Waals surface area contributed by atoms with E-state index in [1.165, 1.54) is 18.4 Å². The Bertz CT molecular complexity index is 1120. The molecule has 2 aromatic carbocycles. The topological polar surface area (TPSA) is 61.0 Å². The number of hydrogen-bond acceptors (Lipinski definition) is 5. The Morgan fingerprint density at radius 3 is 2.61 bits per heavy atom. The van der Waals surface area contributed by atoms with E-state index in [1.54, 1.807) is 12.4 Å². The summed E-state index contributed by atoms with van der Waals surface area (Å²) in [5, 5.41) is 4.04. The Kier molecular flexibility index (Phi) is 4.37. The van der Waals surface area contributed by atoms with Crippen LogP contribution in [0.1, 0.15) is 36.0 Å². The van der Waals surface area contributed by atoms with Crippen LogP contribution in [0.15, 0.2) is 65.4 Å². The largest absolute Gasteiger partial charge is 0.367 e. The van der Waals surface area contributed by atoms with Crippen LogP contribution in [0.25, 0.3) is 22.2 Å². The van der Waals surface area contributed by atoms with Crippen LogP contribution in [0.4, 0.5) is 0 Å². The van der Waals surface area contributed by atoms with E-state index in [9.17, 15) is 0 Å². The summed E-state index contributed by atoms with van der Waals surface area (Å²) >= 11 is 0. The van der Waals surface area contributed by atoms with Crippen LogP contribution in [0.2, 0.25) is 0 Å². The molecule has 0 spiro atoms. The summed E-state index contributed by atoms with van der Waals surface area (Å²) in [6.45, 7) is 2.36. The minimum atomic E-state index is 0.0807. The lowest BCUT2D eigenvalue weighted by atomic mass is 9.98. The first kappa shape index (κ1) is 17.1. The molecule has 1 aliphatic carbocycles. The maximum atomic E-state index is 6.27. The van der Waals surface area contributed by atoms with Gasteiger partial charge in [-0.2, -0.15) is 0 Å². The van der Waals surface area contributed by atoms with Crippen LogP contribution in [-0.2, 0) is 11.3 Å². The Morgan fingerprint density at radius 1 is 1.00 bits per heavy atom. The molecule has 5 nitrogen and oxygen atoms in total. The van der Waals surface area contributed by atoms with Gasteiger partial charge >= 0.3 is 0 Å². The average molecular weight is 371 g/mol. The summed E-state index contributed by atoms with van der Waals surface area (Å²) in [5.41, 5.74) is 6.16. The quantitative estimate of drug-likeness (QED) is 0.462. The van der Waals surface area contributed by atoms with Gasteiger partial charge in [0.15, 0.2) is 0 Å². The fourth-order valence-electron chi connectivity index (χ4n) is 3.60. The van der Waals surface area contributed by atoms with Gasteiger partial charge in [0.25, 0.3) is 0 Å². The number of fused-ring (bicyclic) bond motifs is 1. The molecule has 2 heterocycles. The summed E-state index contributed by atoms with van der Waals surface area (Å²) in [5.74, 6) is 1.38. The summed E-state index contributed by atoms with van der Waals surface area (Å²) in [7, 11) is 0. The SMILES string of the molecule is Cc1cc(COC(c2cccc(-c3ccc4nccnc4c3)c2)C2CC2)no1. The molecule has 1 fully saturated rings. The predicted molar refractivity (Wildman–Crippen MR) is 106 cm³/mol. The van der Waals surface area contributed by atoms with E-state index in [4.69, 9.17) is 9.26 Å². The molecule has 1 saturated carbocycles. The molecule has 1 aliphatic rings. The van der Waals surface area contributed by atoms with Gasteiger partial charge in [-0.25, -0.2) is 0 Å². The summed E-state index contributed by atoms with van der Waals surface area (Å²) < 4.78 is 11.4. The highest BCUT2D eigenvalue weighted by molar-refractivity contribution is 5.81. The van der Waals surface area contributed by atoms with Gasteiger partial charge in [-0.15, -0.1) is 0 Å². The third kappa shape index (κ3) is 3.53. The maximum absolute atomic E-state index is 6.27. The molecule has 28 heavy (non-hydrogen) atoms. The molecule has 5 rings (SSSR count). The van der Waals surface area contributed by atoms with Crippen LogP contribution in [-0.4, -0.2) is 15.1 Å². The zero-order valence-electron chi connectivity index (χ0n) is 15.7. The Morgan fingerprint density at radius 2 is 1.82 bits per heavy atom. The van der Waals surface area contributed by atoms with Gasteiger partial charge < -0.3 is 9.26 Å². The van der Waals surface area contributed by atoms with Crippen molar-refractivity contribution in [3.05, 3.63) is 77.9 Å². The zero-order chi connectivity index (χ0) is 18.9. The summed E-state index contributed by atoms with van der Waals surface area (Å²) in [4.78, 5) is 8.78. The third-order valence-corrected chi connectivity index (χ3v) is 5.16. The second-order valence-corrected chi connectivity index (χ2v) is 7.38. The van der Waals surface area contributed by atoms with Crippen molar-refractivity contribution in [1.82, 2.24) is 15.1 Å². The highest BCUT2D eigenvalue weighted by Crippen LogP contribution is 2.44. The van der Waals surface area contributed by atoms with Crippen LogP contribution in [0, 0.1) is 12.8 Å². The average Bonchev–Trinajstić information content (AvgIpc) is 3.49. The lowest BCUT2D eigenvalue weighted by Crippen LogP contribution is -2.07. The number of nitrogens with zero attached hydrogens (tertiary/aromatic N) is 3. The number of hydrogen-bond donors (Lipinski definition) is 0. The van der Waals surface area contributed by atoms with Crippen LogP contribution in [0.5, 0.6) is 0 Å². The molecule has 2 aromatic heterocycles. The minimum Gasteiger partial charge on any atom is -0.367 e. The maximum Gasteiger partial charge on any atom is 0.134 e. The first-order valence-corrected chi connectivity index (χ1v) is 9.61. The lowest BCUT2D eigenvalue weighted by molar-refractivity contribution is 0.0216. The fraction of sp³-hybridized carbons (Fsp3) is 0.261. The second kappa shape index (κ2) is 7.17. The molecule has 0 N–H and O–H groups in total. The Hall–Kier alpha value is -3.05. The van der Waals surface area contributed by atoms with Gasteiger partial charge in [0.2, 0.25) is 0 Å². The molecule has 5 heteroatoms. The van der Waals surface area contributed by atoms with Crippen molar-refractivity contribution in [1.29, 1.82) is 0 Å². The molecule has 140 valence electrons. The van der Waals surface area contributed by atoms with Crippen LogP contribution in [0.3, 0.4) is 0 Å². The number of ether oxygens (including phenoxy) is 1. The fourth-order valence-corrected chi connectivity index (χ4v) is 3.60. The van der Waals surface area contributed by atoms with E-state index >= 15 is 0 Å². The molecule has 0 aliphatic heterocycles. The van der Waals surface area contributed by atoms with Gasteiger partial charge in [0, 0.05) is 18.5 Å². The van der Waals surface area contributed by atoms with Crippen LogP contribution < -0.4 is 0 Å². The molecule has 4 aromatic rings. The first-order chi connectivity index (χ1) is 13.8. The van der Waals surface area contributed by atoms with Gasteiger partial charge in [-0.05, 0) is 60.6 Å². The number of rotatable bonds is 6. The van der Waals surface area contributed by atoms with Crippen molar-refractivity contribution in [3.8, 4) is 11.1 Å². The molecule has 1 unspecified atom stereocenters. The van der Waals surface area contributed by atoms with E-state index < -0.39 is 0 Å². The molecule has 0 bridgehead atoms. The normalized spacial score (nSPS) is 15.0. The first-order valence-electron chi connectivity index (χ1n) is 9.61. The van der Waals surface area contributed by atoms with E-state index in [0.29, 0.717) is 12.5 Å². The lowest BCUT2D eigenvalue weighted by Gasteiger charge is -2.18. The number of benzene rings is 2. The minimum absolute atomic E-state index is 0.0807. The highest BCUT2D eigenvalue weighted by Gasteiger charge is 2.33. The van der Waals surface area contributed by atoms with Crippen molar-refractivity contribution in [2.24, 2.45) is 5.92 Å². The predicted octanol–water partition coefficient (Wildman–Crippen LogP) is 5.26. The third-order valence-electron chi connectivity index (χ3n) is 5.16. The Balaban J connectivity index is 1.42. The molecule has 1 atom stereocenters. The van der Waals surface area contributed by atoms with E-state index in [2.05, 4.69) is 51.5 Å². The Labute approximate surface area is 163 Å². The van der Waals surface area contributed by atoms with Gasteiger partial charge in [0.1, 0.15) is 11.5 Å². The highest BCUT2D eigenvalue weighted by atomic mass is 16.5. The second-order valence-electron chi connectivity index (χ2n) is 7.38. The molecular weight excluding hydrogens is 350 g/mol. The smallest absolute Gasteiger partial charge is 0.134 e. The monoisotopic (exact) mass is 371 g/mol. The van der Waals surface area contributed by atoms with Crippen LogP contribution >= 0.6 is 0 Å².